The molecule has 2 aliphatic heterocycles. The van der Waals surface area contributed by atoms with E-state index in [0.29, 0.717) is 0 Å². The maximum absolute atomic E-state index is 8.59. The third-order valence-corrected chi connectivity index (χ3v) is 4.30. The molecule has 0 saturated heterocycles. The molecular formula is C23H17NO2. The molecule has 3 heteroatoms. The summed E-state index contributed by atoms with van der Waals surface area (Å²) in [6.45, 7) is 0. The molecule has 3 aromatic carbocycles. The van der Waals surface area contributed by atoms with E-state index in [9.17, 15) is 0 Å². The molecule has 0 N–H and O–H groups in total. The fraction of sp³-hybridized carbons (Fsp3) is 0.0870. The summed E-state index contributed by atoms with van der Waals surface area (Å²) >= 11 is 0. The Labute approximate surface area is 152 Å². The van der Waals surface area contributed by atoms with Gasteiger partial charge in [0.15, 0.2) is 0 Å². The van der Waals surface area contributed by atoms with E-state index < -0.39 is 6.10 Å². The van der Waals surface area contributed by atoms with Crippen molar-refractivity contribution in [2.45, 2.75) is 12.5 Å². The molecule has 0 amide bonds. The van der Waals surface area contributed by atoms with Crippen LogP contribution in [-0.4, -0.2) is 6.10 Å². The van der Waals surface area contributed by atoms with E-state index in [2.05, 4.69) is 24.3 Å². The molecule has 2 aliphatic rings. The lowest BCUT2D eigenvalue weighted by atomic mass is 10.0. The Bertz CT molecular complexity index is 913. The molecule has 2 heterocycles. The molecule has 126 valence electrons. The Kier molecular flexibility index (Phi) is 4.40. The van der Waals surface area contributed by atoms with E-state index in [1.807, 2.05) is 60.7 Å². The van der Waals surface area contributed by atoms with E-state index in [0.717, 1.165) is 29.2 Å². The summed E-state index contributed by atoms with van der Waals surface area (Å²) in [5.41, 5.74) is 3.57. The first-order chi connectivity index (χ1) is 12.8. The maximum Gasteiger partial charge on any atom is 0.203 e. The van der Waals surface area contributed by atoms with Crippen LogP contribution in [-0.2, 0) is 6.42 Å². The number of nitrogens with zero attached hydrogens (tertiary/aromatic N) is 1. The summed E-state index contributed by atoms with van der Waals surface area (Å²) < 4.78 is 11.1. The van der Waals surface area contributed by atoms with Crippen LogP contribution < -0.4 is 9.47 Å². The van der Waals surface area contributed by atoms with Gasteiger partial charge in [0.05, 0.1) is 0 Å². The highest BCUT2D eigenvalue weighted by Gasteiger charge is 2.14. The number of ether oxygens (including phenoxy) is 2. The van der Waals surface area contributed by atoms with Crippen LogP contribution in [0.5, 0.6) is 17.2 Å². The lowest BCUT2D eigenvalue weighted by Crippen LogP contribution is -2.13. The smallest absolute Gasteiger partial charge is 0.203 e. The Morgan fingerprint density at radius 1 is 0.769 bits per heavy atom. The Morgan fingerprint density at radius 3 is 2.00 bits per heavy atom. The zero-order valence-corrected chi connectivity index (χ0v) is 14.1. The van der Waals surface area contributed by atoms with Crippen LogP contribution in [0.3, 0.4) is 0 Å². The third-order valence-electron chi connectivity index (χ3n) is 4.30. The van der Waals surface area contributed by atoms with Crippen molar-refractivity contribution in [3.8, 4) is 23.3 Å². The summed E-state index contributed by atoms with van der Waals surface area (Å²) in [6, 6.07) is 26.1. The van der Waals surface area contributed by atoms with E-state index in [1.54, 1.807) is 6.08 Å². The molecule has 26 heavy (non-hydrogen) atoms. The summed E-state index contributed by atoms with van der Waals surface area (Å²) in [7, 11) is 0. The fourth-order valence-electron chi connectivity index (χ4n) is 2.98. The van der Waals surface area contributed by atoms with Crippen LogP contribution in [0.15, 0.2) is 78.9 Å². The van der Waals surface area contributed by atoms with Crippen LogP contribution in [0.4, 0.5) is 0 Å². The number of rotatable bonds is 0. The fourth-order valence-corrected chi connectivity index (χ4v) is 2.98. The number of hydrogen-bond donors (Lipinski definition) is 0. The van der Waals surface area contributed by atoms with E-state index >= 15 is 0 Å². The minimum Gasteiger partial charge on any atom is -0.471 e. The molecule has 0 aliphatic carbocycles. The average molecular weight is 339 g/mol. The molecule has 0 aromatic heterocycles. The lowest BCUT2D eigenvalue weighted by molar-refractivity contribution is 0.298. The van der Waals surface area contributed by atoms with Gasteiger partial charge in [0, 0.05) is 12.0 Å². The van der Waals surface area contributed by atoms with Crippen molar-refractivity contribution in [3.63, 3.8) is 0 Å². The van der Waals surface area contributed by atoms with E-state index in [4.69, 9.17) is 14.7 Å². The summed E-state index contributed by atoms with van der Waals surface area (Å²) in [5, 5.41) is 8.59. The minimum absolute atomic E-state index is 0.431. The van der Waals surface area contributed by atoms with Crippen molar-refractivity contribution < 1.29 is 9.47 Å². The largest absolute Gasteiger partial charge is 0.471 e. The highest BCUT2D eigenvalue weighted by molar-refractivity contribution is 5.60. The monoisotopic (exact) mass is 339 g/mol. The van der Waals surface area contributed by atoms with Gasteiger partial charge >= 0.3 is 0 Å². The molecule has 3 nitrogen and oxygen atoms in total. The van der Waals surface area contributed by atoms with E-state index in [1.165, 1.54) is 11.1 Å². The standard InChI is InChI=1S/C13H10O.C10H7NO/c1-3-7-12-10(5-1)9-11-6-2-4-8-13(11)14-12;11-7-9-6-5-8-3-1-2-4-10(8)12-9/h1-8H,9H2;1-6,9H. The molecule has 5 rings (SSSR count). The number of fused-ring (bicyclic) bond motifs is 3. The highest BCUT2D eigenvalue weighted by Crippen LogP contribution is 2.35. The molecule has 0 radical (unpaired) electrons. The van der Waals surface area contributed by atoms with Crippen molar-refractivity contribution in [1.82, 2.24) is 0 Å². The van der Waals surface area contributed by atoms with Crippen molar-refractivity contribution >= 4 is 6.08 Å². The number of hydrogen-bond acceptors (Lipinski definition) is 3. The highest BCUT2D eigenvalue weighted by atomic mass is 16.5. The summed E-state index contributed by atoms with van der Waals surface area (Å²) in [4.78, 5) is 0. The van der Waals surface area contributed by atoms with Gasteiger partial charge in [-0.2, -0.15) is 5.26 Å². The van der Waals surface area contributed by atoms with Gasteiger partial charge in [0.25, 0.3) is 0 Å². The van der Waals surface area contributed by atoms with Gasteiger partial charge in [-0.05, 0) is 35.4 Å². The van der Waals surface area contributed by atoms with Gasteiger partial charge in [-0.3, -0.25) is 0 Å². The minimum atomic E-state index is -0.431. The van der Waals surface area contributed by atoms with Crippen molar-refractivity contribution in [1.29, 1.82) is 5.26 Å². The van der Waals surface area contributed by atoms with Crippen molar-refractivity contribution in [2.24, 2.45) is 0 Å². The lowest BCUT2D eigenvalue weighted by Gasteiger charge is -2.19. The van der Waals surface area contributed by atoms with Gasteiger partial charge in [-0.25, -0.2) is 0 Å². The Balaban J connectivity index is 0.000000131. The first-order valence-electron chi connectivity index (χ1n) is 8.50. The van der Waals surface area contributed by atoms with Crippen LogP contribution in [0.1, 0.15) is 16.7 Å². The average Bonchev–Trinajstić information content (AvgIpc) is 2.72. The zero-order chi connectivity index (χ0) is 17.8. The second kappa shape index (κ2) is 7.16. The molecule has 1 unspecified atom stereocenters. The van der Waals surface area contributed by atoms with Gasteiger partial charge < -0.3 is 9.47 Å². The molecular weight excluding hydrogens is 322 g/mol. The molecule has 1 atom stereocenters. The van der Waals surface area contributed by atoms with Crippen molar-refractivity contribution in [3.05, 3.63) is 95.6 Å². The predicted octanol–water partition coefficient (Wildman–Crippen LogP) is 5.37. The number of nitriles is 1. The molecule has 3 aromatic rings. The molecule has 0 bridgehead atoms. The second-order valence-corrected chi connectivity index (χ2v) is 6.06. The SMILES string of the molecule is N#CC1C=Cc2ccccc2O1.c1ccc2c(c1)Cc1ccccc1O2. The quantitative estimate of drug-likeness (QED) is 0.433. The summed E-state index contributed by atoms with van der Waals surface area (Å²) in [6.07, 6.45) is 4.21. The predicted molar refractivity (Wildman–Crippen MR) is 101 cm³/mol. The van der Waals surface area contributed by atoms with Crippen LogP contribution in [0.2, 0.25) is 0 Å². The van der Waals surface area contributed by atoms with Crippen molar-refractivity contribution in [2.75, 3.05) is 0 Å². The summed E-state index contributed by atoms with van der Waals surface area (Å²) in [5.74, 6) is 2.77. The van der Waals surface area contributed by atoms with Gasteiger partial charge in [0.1, 0.15) is 23.3 Å². The molecule has 0 saturated carbocycles. The van der Waals surface area contributed by atoms with Crippen LogP contribution in [0, 0.1) is 11.3 Å². The number of para-hydroxylation sites is 3. The van der Waals surface area contributed by atoms with Crippen LogP contribution in [0.25, 0.3) is 6.08 Å². The maximum atomic E-state index is 8.59. The zero-order valence-electron chi connectivity index (χ0n) is 14.1. The van der Waals surface area contributed by atoms with E-state index in [-0.39, 0.29) is 0 Å². The third kappa shape index (κ3) is 3.31. The topological polar surface area (TPSA) is 42.2 Å². The van der Waals surface area contributed by atoms with Gasteiger partial charge in [-0.1, -0.05) is 60.7 Å². The number of benzene rings is 3. The molecule has 0 fully saturated rings. The Hall–Kier alpha value is -3.51. The normalized spacial score (nSPS) is 15.6. The van der Waals surface area contributed by atoms with Gasteiger partial charge in [0.2, 0.25) is 6.10 Å². The Morgan fingerprint density at radius 2 is 1.35 bits per heavy atom. The van der Waals surface area contributed by atoms with Crippen LogP contribution >= 0.6 is 0 Å². The van der Waals surface area contributed by atoms with Gasteiger partial charge in [-0.15, -0.1) is 0 Å². The first kappa shape index (κ1) is 16.0. The molecule has 0 spiro atoms. The first-order valence-corrected chi connectivity index (χ1v) is 8.50. The second-order valence-electron chi connectivity index (χ2n) is 6.06.